The molecule has 33 heavy (non-hydrogen) atoms. The summed E-state index contributed by atoms with van der Waals surface area (Å²) in [5, 5.41) is 21.1. The first-order valence-corrected chi connectivity index (χ1v) is 12.6. The molecule has 5 nitrogen and oxygen atoms in total. The third-order valence-corrected chi connectivity index (χ3v) is 7.54. The summed E-state index contributed by atoms with van der Waals surface area (Å²) in [5.41, 5.74) is 3.82. The first-order valence-electron chi connectivity index (χ1n) is 12.6. The van der Waals surface area contributed by atoms with Gasteiger partial charge in [-0.3, -0.25) is 4.79 Å². The summed E-state index contributed by atoms with van der Waals surface area (Å²) in [6.45, 7) is 4.83. The van der Waals surface area contributed by atoms with Crippen LogP contribution in [0.5, 0.6) is 0 Å². The molecule has 1 amide bonds. The van der Waals surface area contributed by atoms with Crippen molar-refractivity contribution in [1.82, 2.24) is 4.90 Å². The zero-order valence-corrected chi connectivity index (χ0v) is 19.9. The van der Waals surface area contributed by atoms with E-state index in [0.29, 0.717) is 37.9 Å². The molecule has 1 aromatic carbocycles. The number of rotatable bonds is 9. The van der Waals surface area contributed by atoms with Gasteiger partial charge in [0.1, 0.15) is 0 Å². The summed E-state index contributed by atoms with van der Waals surface area (Å²) in [7, 11) is 0. The summed E-state index contributed by atoms with van der Waals surface area (Å²) in [5.74, 6) is 1.24. The summed E-state index contributed by atoms with van der Waals surface area (Å²) < 4.78 is 5.32. The lowest BCUT2D eigenvalue weighted by atomic mass is 9.88. The lowest BCUT2D eigenvalue weighted by molar-refractivity contribution is -0.135. The third-order valence-electron chi connectivity index (χ3n) is 7.54. The number of hydrogen-bond donors (Lipinski definition) is 2. The van der Waals surface area contributed by atoms with Crippen molar-refractivity contribution in [3.05, 3.63) is 59.2 Å². The number of allylic oxidation sites excluding steroid dienone is 2. The molecule has 1 aromatic rings. The molecule has 2 aliphatic carbocycles. The lowest BCUT2D eigenvalue weighted by Crippen LogP contribution is -2.40. The lowest BCUT2D eigenvalue weighted by Gasteiger charge is -2.26. The van der Waals surface area contributed by atoms with E-state index in [-0.39, 0.29) is 17.9 Å². The fourth-order valence-corrected chi connectivity index (χ4v) is 5.79. The summed E-state index contributed by atoms with van der Waals surface area (Å²) >= 11 is 0. The predicted octanol–water partition coefficient (Wildman–Crippen LogP) is 3.82. The number of amides is 1. The Kier molecular flexibility index (Phi) is 8.39. The van der Waals surface area contributed by atoms with Crippen LogP contribution in [0.3, 0.4) is 0 Å². The van der Waals surface area contributed by atoms with Crippen molar-refractivity contribution in [2.24, 2.45) is 17.8 Å². The molecule has 4 rings (SSSR count). The molecule has 1 heterocycles. The van der Waals surface area contributed by atoms with E-state index in [0.717, 1.165) is 50.8 Å². The number of aliphatic hydroxyl groups excluding tert-OH is 2. The molecule has 1 aliphatic heterocycles. The van der Waals surface area contributed by atoms with Crippen LogP contribution >= 0.6 is 0 Å². The van der Waals surface area contributed by atoms with Crippen molar-refractivity contribution in [1.29, 1.82) is 0 Å². The Morgan fingerprint density at radius 1 is 1.27 bits per heavy atom. The average Bonchev–Trinajstić information content (AvgIpc) is 3.32. The van der Waals surface area contributed by atoms with Crippen molar-refractivity contribution in [2.75, 3.05) is 26.3 Å². The largest absolute Gasteiger partial charge is 0.392 e. The van der Waals surface area contributed by atoms with Crippen LogP contribution in [-0.2, 0) is 16.0 Å². The fraction of sp³-hybridized carbons (Fsp3) is 0.607. The molecule has 180 valence electrons. The van der Waals surface area contributed by atoms with Crippen molar-refractivity contribution in [2.45, 2.75) is 64.1 Å². The fourth-order valence-electron chi connectivity index (χ4n) is 5.79. The molecule has 1 saturated heterocycles. The molecule has 0 unspecified atom stereocenters. The molecular weight excluding hydrogens is 414 g/mol. The second-order valence-corrected chi connectivity index (χ2v) is 10.1. The van der Waals surface area contributed by atoms with Crippen LogP contribution in [-0.4, -0.2) is 59.5 Å². The molecule has 2 fully saturated rings. The molecule has 0 radical (unpaired) electrons. The average molecular weight is 454 g/mol. The standard InChI is InChI=1S/C28H39NO4/c1-20-5-4-7-21(15-20)17-24(30)9-10-25-26-18-22(16-23(26)19-27(25)31)6-2-3-8-28(32)29-11-13-33-14-12-29/h4-5,7,9-10,15-16,23-27,30-31H,2-3,6,8,11-14,17-19H2,1H3/b10-9+/t23-,24-,25+,26-,27+/m0/s1. The van der Waals surface area contributed by atoms with Gasteiger partial charge in [0.15, 0.2) is 0 Å². The molecule has 1 saturated carbocycles. The monoisotopic (exact) mass is 453 g/mol. The van der Waals surface area contributed by atoms with Gasteiger partial charge in [-0.15, -0.1) is 0 Å². The van der Waals surface area contributed by atoms with Crippen LogP contribution < -0.4 is 0 Å². The molecular formula is C28H39NO4. The van der Waals surface area contributed by atoms with E-state index in [9.17, 15) is 15.0 Å². The van der Waals surface area contributed by atoms with Crippen LogP contribution in [0, 0.1) is 24.7 Å². The smallest absolute Gasteiger partial charge is 0.222 e. The van der Waals surface area contributed by atoms with Gasteiger partial charge in [-0.25, -0.2) is 0 Å². The van der Waals surface area contributed by atoms with Crippen LogP contribution in [0.15, 0.2) is 48.1 Å². The topological polar surface area (TPSA) is 70.0 Å². The SMILES string of the molecule is Cc1cccc(C[C@@H](O)/C=C/[C@@H]2[C@H]3CC(CCCCC(=O)N4CCOCC4)=C[C@H]3C[C@H]2O)c1. The molecule has 2 N–H and O–H groups in total. The van der Waals surface area contributed by atoms with Gasteiger partial charge in [0.05, 0.1) is 25.4 Å². The Balaban J connectivity index is 1.21. The first-order chi connectivity index (χ1) is 16.0. The zero-order chi connectivity index (χ0) is 23.2. The summed E-state index contributed by atoms with van der Waals surface area (Å²) in [4.78, 5) is 14.2. The Hall–Kier alpha value is -1.95. The summed E-state index contributed by atoms with van der Waals surface area (Å²) in [6.07, 6.45) is 11.6. The van der Waals surface area contributed by atoms with Gasteiger partial charge in [-0.05, 0) is 56.4 Å². The zero-order valence-electron chi connectivity index (χ0n) is 19.9. The van der Waals surface area contributed by atoms with Crippen LogP contribution in [0.1, 0.15) is 49.7 Å². The maximum absolute atomic E-state index is 12.3. The number of morpholine rings is 1. The van der Waals surface area contributed by atoms with E-state index in [1.54, 1.807) is 0 Å². The van der Waals surface area contributed by atoms with Crippen molar-refractivity contribution < 1.29 is 19.7 Å². The van der Waals surface area contributed by atoms with E-state index in [2.05, 4.69) is 31.2 Å². The van der Waals surface area contributed by atoms with E-state index < -0.39 is 6.10 Å². The normalized spacial score (nSPS) is 28.2. The molecule has 0 bridgehead atoms. The number of nitrogens with zero attached hydrogens (tertiary/aromatic N) is 1. The third kappa shape index (κ3) is 6.56. The van der Waals surface area contributed by atoms with E-state index in [1.807, 2.05) is 23.1 Å². The molecule has 0 aromatic heterocycles. The quantitative estimate of drug-likeness (QED) is 0.441. The van der Waals surface area contributed by atoms with Crippen molar-refractivity contribution in [3.8, 4) is 0 Å². The number of aliphatic hydroxyl groups is 2. The number of hydrogen-bond acceptors (Lipinski definition) is 4. The van der Waals surface area contributed by atoms with E-state index in [4.69, 9.17) is 4.74 Å². The number of benzene rings is 1. The minimum Gasteiger partial charge on any atom is -0.392 e. The Morgan fingerprint density at radius 2 is 2.09 bits per heavy atom. The van der Waals surface area contributed by atoms with Crippen LogP contribution in [0.4, 0.5) is 0 Å². The van der Waals surface area contributed by atoms with Crippen molar-refractivity contribution in [3.63, 3.8) is 0 Å². The number of aryl methyl sites for hydroxylation is 1. The van der Waals surface area contributed by atoms with Crippen LogP contribution in [0.25, 0.3) is 0 Å². The number of ether oxygens (including phenoxy) is 1. The highest BCUT2D eigenvalue weighted by Gasteiger charge is 2.43. The second kappa shape index (κ2) is 11.5. The molecule has 3 aliphatic rings. The Labute approximate surface area is 198 Å². The second-order valence-electron chi connectivity index (χ2n) is 10.1. The van der Waals surface area contributed by atoms with Crippen LogP contribution in [0.2, 0.25) is 0 Å². The highest BCUT2D eigenvalue weighted by atomic mass is 16.5. The number of carbonyl (C=O) groups is 1. The molecule has 5 heteroatoms. The van der Waals surface area contributed by atoms with Gasteiger partial charge >= 0.3 is 0 Å². The number of fused-ring (bicyclic) bond motifs is 1. The highest BCUT2D eigenvalue weighted by Crippen LogP contribution is 2.48. The number of carbonyl (C=O) groups excluding carboxylic acids is 1. The van der Waals surface area contributed by atoms with Gasteiger partial charge in [0, 0.05) is 31.8 Å². The van der Waals surface area contributed by atoms with Crippen molar-refractivity contribution >= 4 is 5.91 Å². The van der Waals surface area contributed by atoms with Gasteiger partial charge in [0.2, 0.25) is 5.91 Å². The maximum Gasteiger partial charge on any atom is 0.222 e. The molecule has 0 spiro atoms. The van der Waals surface area contributed by atoms with Gasteiger partial charge in [-0.1, -0.05) is 53.6 Å². The minimum absolute atomic E-state index is 0.110. The minimum atomic E-state index is -0.532. The Bertz CT molecular complexity index is 857. The van der Waals surface area contributed by atoms with Gasteiger partial charge in [0.25, 0.3) is 0 Å². The van der Waals surface area contributed by atoms with E-state index >= 15 is 0 Å². The Morgan fingerprint density at radius 3 is 2.88 bits per heavy atom. The highest BCUT2D eigenvalue weighted by molar-refractivity contribution is 5.76. The van der Waals surface area contributed by atoms with Gasteiger partial charge < -0.3 is 19.8 Å². The van der Waals surface area contributed by atoms with E-state index in [1.165, 1.54) is 11.1 Å². The number of unbranched alkanes of at least 4 members (excludes halogenated alkanes) is 1. The summed E-state index contributed by atoms with van der Waals surface area (Å²) in [6, 6.07) is 8.25. The first kappa shape index (κ1) is 24.2. The molecule has 5 atom stereocenters. The predicted molar refractivity (Wildman–Crippen MR) is 130 cm³/mol. The van der Waals surface area contributed by atoms with Gasteiger partial charge in [-0.2, -0.15) is 0 Å². The maximum atomic E-state index is 12.3.